The molecule has 1 saturated heterocycles. The van der Waals surface area contributed by atoms with Crippen molar-refractivity contribution < 1.29 is 4.79 Å². The number of rotatable bonds is 5. The largest absolute Gasteiger partial charge is 0.399 e. The first-order valence-corrected chi connectivity index (χ1v) is 8.62. The molecule has 1 aliphatic heterocycles. The Morgan fingerprint density at radius 3 is 3.05 bits per heavy atom. The molecule has 3 N–H and O–H groups in total. The fraction of sp³-hybridized carbons (Fsp3) is 0.562. The number of benzene rings is 1. The third-order valence-corrected chi connectivity index (χ3v) is 5.37. The zero-order valence-electron chi connectivity index (χ0n) is 12.8. The van der Waals surface area contributed by atoms with Crippen LogP contribution in [0.15, 0.2) is 24.3 Å². The lowest BCUT2D eigenvalue weighted by Crippen LogP contribution is -2.45. The van der Waals surface area contributed by atoms with E-state index in [4.69, 9.17) is 5.73 Å². The number of hydrogen-bond acceptors (Lipinski definition) is 4. The Labute approximate surface area is 131 Å². The van der Waals surface area contributed by atoms with Gasteiger partial charge in [-0.25, -0.2) is 0 Å². The van der Waals surface area contributed by atoms with Gasteiger partial charge >= 0.3 is 0 Å². The molecule has 1 aromatic carbocycles. The minimum atomic E-state index is 0.0627. The number of carbonyl (C=O) groups excluding carboxylic acids is 1. The monoisotopic (exact) mass is 307 g/mol. The van der Waals surface area contributed by atoms with Gasteiger partial charge in [0.05, 0.1) is 0 Å². The molecule has 21 heavy (non-hydrogen) atoms. The number of amides is 1. The van der Waals surface area contributed by atoms with Gasteiger partial charge in [-0.3, -0.25) is 9.69 Å². The van der Waals surface area contributed by atoms with Crippen molar-refractivity contribution in [3.8, 4) is 0 Å². The van der Waals surface area contributed by atoms with E-state index < -0.39 is 0 Å². The summed E-state index contributed by atoms with van der Waals surface area (Å²) in [7, 11) is 0. The van der Waals surface area contributed by atoms with Crippen molar-refractivity contribution in [2.24, 2.45) is 0 Å². The fourth-order valence-corrected chi connectivity index (χ4v) is 3.76. The van der Waals surface area contributed by atoms with Gasteiger partial charge in [-0.1, -0.05) is 13.0 Å². The Morgan fingerprint density at radius 2 is 2.29 bits per heavy atom. The van der Waals surface area contributed by atoms with E-state index in [1.165, 1.54) is 5.75 Å². The summed E-state index contributed by atoms with van der Waals surface area (Å²) in [5, 5.41) is 3.58. The summed E-state index contributed by atoms with van der Waals surface area (Å²) in [6.45, 7) is 6.70. The summed E-state index contributed by atoms with van der Waals surface area (Å²) in [6, 6.07) is 7.90. The van der Waals surface area contributed by atoms with E-state index in [9.17, 15) is 4.79 Å². The Morgan fingerprint density at radius 1 is 1.48 bits per heavy atom. The highest BCUT2D eigenvalue weighted by molar-refractivity contribution is 8.00. The smallest absolute Gasteiger partial charge is 0.224 e. The highest BCUT2D eigenvalue weighted by Crippen LogP contribution is 2.24. The molecule has 1 heterocycles. The van der Waals surface area contributed by atoms with Gasteiger partial charge in [0.15, 0.2) is 0 Å². The van der Waals surface area contributed by atoms with Crippen LogP contribution in [-0.2, 0) is 4.79 Å². The minimum absolute atomic E-state index is 0.0627. The Bertz CT molecular complexity index is 480. The summed E-state index contributed by atoms with van der Waals surface area (Å²) >= 11 is 2.04. The molecule has 1 fully saturated rings. The molecule has 1 aliphatic rings. The predicted molar refractivity (Wildman–Crippen MR) is 91.7 cm³/mol. The van der Waals surface area contributed by atoms with Crippen LogP contribution in [0.2, 0.25) is 0 Å². The molecule has 2 unspecified atom stereocenters. The fourth-order valence-electron chi connectivity index (χ4n) is 2.59. The summed E-state index contributed by atoms with van der Waals surface area (Å²) < 4.78 is 0. The van der Waals surface area contributed by atoms with Crippen molar-refractivity contribution in [1.82, 2.24) is 4.90 Å². The van der Waals surface area contributed by atoms with Crippen LogP contribution in [0.4, 0.5) is 11.4 Å². The van der Waals surface area contributed by atoms with Crippen LogP contribution < -0.4 is 11.1 Å². The Hall–Kier alpha value is -1.20. The van der Waals surface area contributed by atoms with E-state index in [0.29, 0.717) is 23.4 Å². The van der Waals surface area contributed by atoms with Crippen LogP contribution in [-0.4, -0.2) is 40.9 Å². The third kappa shape index (κ3) is 4.93. The molecule has 116 valence electrons. The second kappa shape index (κ2) is 7.71. The molecule has 5 heteroatoms. The summed E-state index contributed by atoms with van der Waals surface area (Å²) in [6.07, 6.45) is 1.45. The molecule has 0 aromatic heterocycles. The van der Waals surface area contributed by atoms with Gasteiger partial charge in [0.1, 0.15) is 0 Å². The molecule has 1 amide bonds. The molecule has 0 spiro atoms. The van der Waals surface area contributed by atoms with Crippen molar-refractivity contribution in [3.05, 3.63) is 24.3 Å². The standard InChI is InChI=1S/C16H25N3OS/c1-12-13(2)21-10-9-19(12)8-4-7-16(20)18-15-6-3-5-14(17)11-15/h3,5-6,11-13H,4,7-10,17H2,1-2H3,(H,18,20). The van der Waals surface area contributed by atoms with Crippen molar-refractivity contribution in [2.75, 3.05) is 29.9 Å². The van der Waals surface area contributed by atoms with Crippen molar-refractivity contribution in [3.63, 3.8) is 0 Å². The van der Waals surface area contributed by atoms with Crippen LogP contribution in [0.3, 0.4) is 0 Å². The Kier molecular flexibility index (Phi) is 5.94. The van der Waals surface area contributed by atoms with Gasteiger partial charge in [0, 0.05) is 41.4 Å². The first-order chi connectivity index (χ1) is 10.1. The first-order valence-electron chi connectivity index (χ1n) is 7.57. The summed E-state index contributed by atoms with van der Waals surface area (Å²) in [4.78, 5) is 14.4. The maximum atomic E-state index is 11.9. The van der Waals surface area contributed by atoms with Crippen LogP contribution in [0.5, 0.6) is 0 Å². The minimum Gasteiger partial charge on any atom is -0.399 e. The lowest BCUT2D eigenvalue weighted by atomic mass is 10.2. The molecule has 1 aromatic rings. The molecule has 4 nitrogen and oxygen atoms in total. The number of thioether (sulfide) groups is 1. The second-order valence-electron chi connectivity index (χ2n) is 5.63. The molecular weight excluding hydrogens is 282 g/mol. The molecule has 0 radical (unpaired) electrons. The predicted octanol–water partition coefficient (Wildman–Crippen LogP) is 2.81. The molecule has 0 bridgehead atoms. The first kappa shape index (κ1) is 16.2. The van der Waals surface area contributed by atoms with E-state index in [2.05, 4.69) is 24.1 Å². The lowest BCUT2D eigenvalue weighted by Gasteiger charge is -2.37. The van der Waals surface area contributed by atoms with Crippen LogP contribution in [0.25, 0.3) is 0 Å². The zero-order valence-corrected chi connectivity index (χ0v) is 13.7. The number of carbonyl (C=O) groups is 1. The van der Waals surface area contributed by atoms with Gasteiger partial charge < -0.3 is 11.1 Å². The van der Waals surface area contributed by atoms with Crippen molar-refractivity contribution >= 4 is 29.0 Å². The maximum Gasteiger partial charge on any atom is 0.224 e. The zero-order chi connectivity index (χ0) is 15.2. The molecule has 0 aliphatic carbocycles. The number of nitrogens with one attached hydrogen (secondary N) is 1. The van der Waals surface area contributed by atoms with Crippen LogP contribution in [0.1, 0.15) is 26.7 Å². The van der Waals surface area contributed by atoms with E-state index in [-0.39, 0.29) is 5.91 Å². The van der Waals surface area contributed by atoms with Crippen LogP contribution >= 0.6 is 11.8 Å². The topological polar surface area (TPSA) is 58.4 Å². The highest BCUT2D eigenvalue weighted by atomic mass is 32.2. The van der Waals surface area contributed by atoms with Gasteiger partial charge in [-0.15, -0.1) is 0 Å². The van der Waals surface area contributed by atoms with Gasteiger partial charge in [-0.2, -0.15) is 11.8 Å². The Balaban J connectivity index is 1.72. The van der Waals surface area contributed by atoms with E-state index >= 15 is 0 Å². The van der Waals surface area contributed by atoms with Crippen molar-refractivity contribution in [2.45, 2.75) is 38.0 Å². The number of nitrogen functional groups attached to an aromatic ring is 1. The molecule has 2 atom stereocenters. The van der Waals surface area contributed by atoms with Crippen LogP contribution in [0, 0.1) is 0 Å². The maximum absolute atomic E-state index is 11.9. The van der Waals surface area contributed by atoms with Gasteiger partial charge in [0.25, 0.3) is 0 Å². The summed E-state index contributed by atoms with van der Waals surface area (Å²) in [5.41, 5.74) is 7.14. The SMILES string of the molecule is CC1SCCN(CCCC(=O)Nc2cccc(N)c2)C1C. The van der Waals surface area contributed by atoms with E-state index in [1.807, 2.05) is 30.0 Å². The number of nitrogens with zero attached hydrogens (tertiary/aromatic N) is 1. The van der Waals surface area contributed by atoms with E-state index in [1.54, 1.807) is 6.07 Å². The highest BCUT2D eigenvalue weighted by Gasteiger charge is 2.24. The second-order valence-corrected chi connectivity index (χ2v) is 7.11. The van der Waals surface area contributed by atoms with E-state index in [0.717, 1.165) is 25.2 Å². The van der Waals surface area contributed by atoms with Gasteiger partial charge in [0.2, 0.25) is 5.91 Å². The number of hydrogen-bond donors (Lipinski definition) is 2. The van der Waals surface area contributed by atoms with Crippen molar-refractivity contribution in [1.29, 1.82) is 0 Å². The average Bonchev–Trinajstić information content (AvgIpc) is 2.43. The average molecular weight is 307 g/mol. The molecular formula is C16H25N3OS. The normalized spacial score (nSPS) is 23.0. The van der Waals surface area contributed by atoms with Gasteiger partial charge in [-0.05, 0) is 38.1 Å². The molecule has 0 saturated carbocycles. The third-order valence-electron chi connectivity index (χ3n) is 4.03. The summed E-state index contributed by atoms with van der Waals surface area (Å²) in [5.74, 6) is 1.26. The quantitative estimate of drug-likeness (QED) is 0.821. The lowest BCUT2D eigenvalue weighted by molar-refractivity contribution is -0.116. The molecule has 2 rings (SSSR count). The number of nitrogens with two attached hydrogens (primary N) is 1. The number of anilines is 2.